The first-order valence-corrected chi connectivity index (χ1v) is 8.72. The Bertz CT molecular complexity index is 824. The molecule has 0 bridgehead atoms. The van der Waals surface area contributed by atoms with Gasteiger partial charge in [-0.05, 0) is 49.7 Å². The number of halogens is 1. The Morgan fingerprint density at radius 2 is 1.78 bits per heavy atom. The average molecular weight is 374 g/mol. The van der Waals surface area contributed by atoms with Crippen molar-refractivity contribution >= 4 is 23.2 Å². The standard InChI is InChI=1S/C20H23FN2O4/c1-4-10-27-18-9-6-14(11-19(18)26-5-2)20(25)23-15-7-8-16(21)17(12-15)22-13(3)24/h6-9,11-12H,4-5,10H2,1-3H3,(H,22,24)(H,23,25). The third-order valence-electron chi connectivity index (χ3n) is 3.50. The lowest BCUT2D eigenvalue weighted by molar-refractivity contribution is -0.114. The minimum absolute atomic E-state index is 0.00128. The molecule has 2 N–H and O–H groups in total. The number of amides is 2. The number of carbonyl (C=O) groups is 2. The summed E-state index contributed by atoms with van der Waals surface area (Å²) in [6.07, 6.45) is 0.856. The third-order valence-corrected chi connectivity index (χ3v) is 3.50. The summed E-state index contributed by atoms with van der Waals surface area (Å²) in [5, 5.41) is 5.06. The number of carbonyl (C=O) groups excluding carboxylic acids is 2. The Morgan fingerprint density at radius 1 is 1.00 bits per heavy atom. The fourth-order valence-corrected chi connectivity index (χ4v) is 2.34. The highest BCUT2D eigenvalue weighted by atomic mass is 19.1. The quantitative estimate of drug-likeness (QED) is 0.725. The van der Waals surface area contributed by atoms with Crippen LogP contribution in [0.4, 0.5) is 15.8 Å². The van der Waals surface area contributed by atoms with E-state index in [0.29, 0.717) is 36.0 Å². The Labute approximate surface area is 157 Å². The van der Waals surface area contributed by atoms with E-state index in [2.05, 4.69) is 10.6 Å². The van der Waals surface area contributed by atoms with Gasteiger partial charge in [-0.2, -0.15) is 0 Å². The van der Waals surface area contributed by atoms with Crippen LogP contribution in [0, 0.1) is 5.82 Å². The maximum Gasteiger partial charge on any atom is 0.255 e. The van der Waals surface area contributed by atoms with E-state index in [1.807, 2.05) is 13.8 Å². The van der Waals surface area contributed by atoms with Gasteiger partial charge in [0.1, 0.15) is 5.82 Å². The highest BCUT2D eigenvalue weighted by Gasteiger charge is 2.13. The Morgan fingerprint density at radius 3 is 2.44 bits per heavy atom. The van der Waals surface area contributed by atoms with Gasteiger partial charge in [-0.1, -0.05) is 6.92 Å². The molecule has 0 aliphatic carbocycles. The maximum atomic E-state index is 13.7. The SMILES string of the molecule is CCCOc1ccc(C(=O)Nc2ccc(F)c(NC(C)=O)c2)cc1OCC. The molecule has 6 nitrogen and oxygen atoms in total. The van der Waals surface area contributed by atoms with E-state index in [1.165, 1.54) is 25.1 Å². The van der Waals surface area contributed by atoms with Crippen molar-refractivity contribution in [3.05, 3.63) is 47.8 Å². The second-order valence-electron chi connectivity index (χ2n) is 5.77. The van der Waals surface area contributed by atoms with Crippen LogP contribution >= 0.6 is 0 Å². The van der Waals surface area contributed by atoms with E-state index in [1.54, 1.807) is 18.2 Å². The largest absolute Gasteiger partial charge is 0.490 e. The highest BCUT2D eigenvalue weighted by molar-refractivity contribution is 6.05. The Hall–Kier alpha value is -3.09. The normalized spacial score (nSPS) is 10.2. The molecule has 2 amide bonds. The number of benzene rings is 2. The molecule has 0 aliphatic rings. The van der Waals surface area contributed by atoms with E-state index < -0.39 is 17.6 Å². The van der Waals surface area contributed by atoms with Gasteiger partial charge in [0, 0.05) is 18.2 Å². The zero-order chi connectivity index (χ0) is 19.8. The van der Waals surface area contributed by atoms with Crippen molar-refractivity contribution in [3.8, 4) is 11.5 Å². The molecule has 7 heteroatoms. The smallest absolute Gasteiger partial charge is 0.255 e. The molecule has 0 saturated carbocycles. The van der Waals surface area contributed by atoms with Gasteiger partial charge < -0.3 is 20.1 Å². The number of hydrogen-bond donors (Lipinski definition) is 2. The maximum absolute atomic E-state index is 13.7. The molecule has 27 heavy (non-hydrogen) atoms. The van der Waals surface area contributed by atoms with Gasteiger partial charge >= 0.3 is 0 Å². The molecule has 144 valence electrons. The van der Waals surface area contributed by atoms with E-state index in [-0.39, 0.29) is 5.69 Å². The molecule has 0 aliphatic heterocycles. The number of anilines is 2. The number of hydrogen-bond acceptors (Lipinski definition) is 4. The number of rotatable bonds is 8. The predicted octanol–water partition coefficient (Wildman–Crippen LogP) is 4.22. The number of nitrogens with one attached hydrogen (secondary N) is 2. The van der Waals surface area contributed by atoms with Crippen molar-refractivity contribution in [2.45, 2.75) is 27.2 Å². The summed E-state index contributed by atoms with van der Waals surface area (Å²) in [4.78, 5) is 23.7. The second kappa shape index (κ2) is 9.56. The Kier molecular flexibility index (Phi) is 7.16. The van der Waals surface area contributed by atoms with Crippen molar-refractivity contribution in [1.82, 2.24) is 0 Å². The monoisotopic (exact) mass is 374 g/mol. The lowest BCUT2D eigenvalue weighted by atomic mass is 10.1. The van der Waals surface area contributed by atoms with Gasteiger partial charge in [0.2, 0.25) is 5.91 Å². The molecule has 2 rings (SSSR count). The molecule has 0 aromatic heterocycles. The molecule has 0 saturated heterocycles. The third kappa shape index (κ3) is 5.70. The molecule has 2 aromatic carbocycles. The molecule has 0 spiro atoms. The first-order valence-electron chi connectivity index (χ1n) is 8.72. The summed E-state index contributed by atoms with van der Waals surface area (Å²) < 4.78 is 24.9. The molecule has 0 fully saturated rings. The Balaban J connectivity index is 2.20. The summed E-state index contributed by atoms with van der Waals surface area (Å²) in [6, 6.07) is 8.86. The van der Waals surface area contributed by atoms with Crippen molar-refractivity contribution in [2.24, 2.45) is 0 Å². The van der Waals surface area contributed by atoms with Gasteiger partial charge in [0.05, 0.1) is 18.9 Å². The van der Waals surface area contributed by atoms with Gasteiger partial charge in [0.15, 0.2) is 11.5 Å². The summed E-state index contributed by atoms with van der Waals surface area (Å²) in [5.74, 6) is -0.319. The predicted molar refractivity (Wildman–Crippen MR) is 102 cm³/mol. The summed E-state index contributed by atoms with van der Waals surface area (Å²) in [7, 11) is 0. The summed E-state index contributed by atoms with van der Waals surface area (Å²) >= 11 is 0. The van der Waals surface area contributed by atoms with Crippen LogP contribution in [-0.4, -0.2) is 25.0 Å². The van der Waals surface area contributed by atoms with Gasteiger partial charge in [-0.3, -0.25) is 9.59 Å². The van der Waals surface area contributed by atoms with Crippen molar-refractivity contribution in [2.75, 3.05) is 23.8 Å². The van der Waals surface area contributed by atoms with Crippen LogP contribution < -0.4 is 20.1 Å². The van der Waals surface area contributed by atoms with Crippen molar-refractivity contribution < 1.29 is 23.5 Å². The summed E-state index contributed by atoms with van der Waals surface area (Å²) in [5.41, 5.74) is 0.723. The van der Waals surface area contributed by atoms with Crippen LogP contribution in [0.25, 0.3) is 0 Å². The lowest BCUT2D eigenvalue weighted by Gasteiger charge is -2.13. The van der Waals surface area contributed by atoms with Crippen LogP contribution in [-0.2, 0) is 4.79 Å². The van der Waals surface area contributed by atoms with Gasteiger partial charge in [-0.15, -0.1) is 0 Å². The molecule has 0 atom stereocenters. The molecule has 0 radical (unpaired) electrons. The fourth-order valence-electron chi connectivity index (χ4n) is 2.34. The van der Waals surface area contributed by atoms with Crippen LogP contribution in [0.1, 0.15) is 37.6 Å². The van der Waals surface area contributed by atoms with E-state index in [4.69, 9.17) is 9.47 Å². The van der Waals surface area contributed by atoms with Gasteiger partial charge in [-0.25, -0.2) is 4.39 Å². The van der Waals surface area contributed by atoms with Crippen LogP contribution in [0.2, 0.25) is 0 Å². The average Bonchev–Trinajstić information content (AvgIpc) is 2.63. The zero-order valence-corrected chi connectivity index (χ0v) is 15.6. The van der Waals surface area contributed by atoms with Crippen LogP contribution in [0.15, 0.2) is 36.4 Å². The summed E-state index contributed by atoms with van der Waals surface area (Å²) in [6.45, 7) is 6.11. The topological polar surface area (TPSA) is 76.7 Å². The highest BCUT2D eigenvalue weighted by Crippen LogP contribution is 2.29. The first-order chi connectivity index (χ1) is 12.9. The first kappa shape index (κ1) is 20.2. The minimum Gasteiger partial charge on any atom is -0.490 e. The second-order valence-corrected chi connectivity index (χ2v) is 5.77. The zero-order valence-electron chi connectivity index (χ0n) is 15.6. The van der Waals surface area contributed by atoms with E-state index in [0.717, 1.165) is 6.42 Å². The fraction of sp³-hybridized carbons (Fsp3) is 0.300. The van der Waals surface area contributed by atoms with E-state index in [9.17, 15) is 14.0 Å². The van der Waals surface area contributed by atoms with Crippen LogP contribution in [0.3, 0.4) is 0 Å². The lowest BCUT2D eigenvalue weighted by Crippen LogP contribution is -2.13. The van der Waals surface area contributed by atoms with Crippen molar-refractivity contribution in [1.29, 1.82) is 0 Å². The molecule has 0 heterocycles. The number of ether oxygens (including phenoxy) is 2. The van der Waals surface area contributed by atoms with E-state index >= 15 is 0 Å². The molecular weight excluding hydrogens is 351 g/mol. The van der Waals surface area contributed by atoms with Gasteiger partial charge in [0.25, 0.3) is 5.91 Å². The van der Waals surface area contributed by atoms with Crippen LogP contribution in [0.5, 0.6) is 11.5 Å². The molecule has 0 unspecified atom stereocenters. The molecular formula is C20H23FN2O4. The molecule has 2 aromatic rings. The van der Waals surface area contributed by atoms with Crippen molar-refractivity contribution in [3.63, 3.8) is 0 Å². The minimum atomic E-state index is -0.584.